The Balaban J connectivity index is 0.00000144. The van der Waals surface area contributed by atoms with Crippen molar-refractivity contribution in [1.29, 1.82) is 0 Å². The van der Waals surface area contributed by atoms with E-state index in [2.05, 4.69) is 15.0 Å². The largest absolute Gasteiger partial charge is 0.330 e. The molecular weight excluding hydrogens is 275 g/mol. The standard InChI is InChI=1S/C11H12N4O.2ClH/c12-5-4-8-7-10(16)15-11(14-8)9-3-1-2-6-13-9;;/h1-3,6-7H,4-5,12H2,(H,14,15,16);2*1H. The van der Waals surface area contributed by atoms with E-state index >= 15 is 0 Å². The van der Waals surface area contributed by atoms with Crippen molar-refractivity contribution < 1.29 is 0 Å². The zero-order valence-electron chi connectivity index (χ0n) is 9.50. The molecule has 18 heavy (non-hydrogen) atoms. The first kappa shape index (κ1) is 16.6. The second kappa shape index (κ2) is 7.81. The number of aromatic nitrogens is 3. The van der Waals surface area contributed by atoms with Crippen molar-refractivity contribution in [3.8, 4) is 11.5 Å². The van der Waals surface area contributed by atoms with E-state index in [1.165, 1.54) is 6.07 Å². The normalized spacial score (nSPS) is 9.17. The van der Waals surface area contributed by atoms with Gasteiger partial charge in [0.25, 0.3) is 5.56 Å². The third-order valence-corrected chi connectivity index (χ3v) is 2.10. The van der Waals surface area contributed by atoms with Crippen molar-refractivity contribution in [1.82, 2.24) is 15.0 Å². The Hall–Kier alpha value is -1.43. The van der Waals surface area contributed by atoms with E-state index in [1.54, 1.807) is 12.3 Å². The minimum atomic E-state index is -0.181. The maximum absolute atomic E-state index is 11.4. The fourth-order valence-corrected chi connectivity index (χ4v) is 1.41. The summed E-state index contributed by atoms with van der Waals surface area (Å²) in [4.78, 5) is 22.5. The molecule has 98 valence electrons. The van der Waals surface area contributed by atoms with Gasteiger partial charge in [0.15, 0.2) is 5.82 Å². The quantitative estimate of drug-likeness (QED) is 0.888. The topological polar surface area (TPSA) is 84.7 Å². The Kier molecular flexibility index (Phi) is 7.19. The number of halogens is 2. The molecule has 2 heterocycles. The minimum Gasteiger partial charge on any atom is -0.330 e. The van der Waals surface area contributed by atoms with Gasteiger partial charge in [0.2, 0.25) is 0 Å². The van der Waals surface area contributed by atoms with Crippen LogP contribution in [-0.2, 0) is 6.42 Å². The Morgan fingerprint density at radius 3 is 2.67 bits per heavy atom. The van der Waals surface area contributed by atoms with Crippen LogP contribution < -0.4 is 11.3 Å². The summed E-state index contributed by atoms with van der Waals surface area (Å²) in [5, 5.41) is 0. The van der Waals surface area contributed by atoms with Gasteiger partial charge < -0.3 is 10.7 Å². The molecule has 0 bridgehead atoms. The van der Waals surface area contributed by atoms with Gasteiger partial charge in [-0.05, 0) is 18.7 Å². The van der Waals surface area contributed by atoms with Crippen molar-refractivity contribution in [2.75, 3.05) is 6.54 Å². The van der Waals surface area contributed by atoms with Crippen molar-refractivity contribution in [2.45, 2.75) is 6.42 Å². The molecule has 0 aliphatic heterocycles. The number of hydrogen-bond donors (Lipinski definition) is 2. The van der Waals surface area contributed by atoms with Crippen LogP contribution in [0.3, 0.4) is 0 Å². The molecule has 2 aromatic heterocycles. The molecule has 2 rings (SSSR count). The molecule has 0 atom stereocenters. The Morgan fingerprint density at radius 1 is 1.28 bits per heavy atom. The van der Waals surface area contributed by atoms with E-state index in [1.807, 2.05) is 12.1 Å². The number of nitrogens with zero attached hydrogens (tertiary/aromatic N) is 2. The summed E-state index contributed by atoms with van der Waals surface area (Å²) in [5.74, 6) is 0.483. The third kappa shape index (κ3) is 4.10. The van der Waals surface area contributed by atoms with Crippen molar-refractivity contribution >= 4 is 24.8 Å². The van der Waals surface area contributed by atoms with Crippen LogP contribution in [-0.4, -0.2) is 21.5 Å². The summed E-state index contributed by atoms with van der Waals surface area (Å²) in [6.07, 6.45) is 2.24. The molecule has 0 aliphatic carbocycles. The Bertz CT molecular complexity index is 530. The number of pyridine rings is 1. The Labute approximate surface area is 117 Å². The highest BCUT2D eigenvalue weighted by molar-refractivity contribution is 5.85. The van der Waals surface area contributed by atoms with Crippen LogP contribution in [0.25, 0.3) is 11.5 Å². The van der Waals surface area contributed by atoms with E-state index in [4.69, 9.17) is 5.73 Å². The first-order chi connectivity index (χ1) is 7.79. The van der Waals surface area contributed by atoms with Gasteiger partial charge in [-0.3, -0.25) is 9.78 Å². The highest BCUT2D eigenvalue weighted by atomic mass is 35.5. The molecule has 0 aliphatic rings. The summed E-state index contributed by atoms with van der Waals surface area (Å²) >= 11 is 0. The first-order valence-corrected chi connectivity index (χ1v) is 5.01. The van der Waals surface area contributed by atoms with Gasteiger partial charge in [0.1, 0.15) is 5.69 Å². The first-order valence-electron chi connectivity index (χ1n) is 5.01. The number of rotatable bonds is 3. The molecule has 3 N–H and O–H groups in total. The molecule has 0 radical (unpaired) electrons. The van der Waals surface area contributed by atoms with Crippen LogP contribution in [0, 0.1) is 0 Å². The van der Waals surface area contributed by atoms with Crippen molar-refractivity contribution in [2.24, 2.45) is 5.73 Å². The number of H-pyrrole nitrogens is 1. The van der Waals surface area contributed by atoms with E-state index in [0.29, 0.717) is 30.2 Å². The van der Waals surface area contributed by atoms with Crippen LogP contribution in [0.5, 0.6) is 0 Å². The van der Waals surface area contributed by atoms with Crippen LogP contribution in [0.15, 0.2) is 35.3 Å². The molecule has 0 aromatic carbocycles. The predicted octanol–water partition coefficient (Wildman–Crippen LogP) is 1.18. The summed E-state index contributed by atoms with van der Waals surface area (Å²) in [5.41, 5.74) is 6.59. The summed E-state index contributed by atoms with van der Waals surface area (Å²) in [6.45, 7) is 0.470. The minimum absolute atomic E-state index is 0. The fraction of sp³-hybridized carbons (Fsp3) is 0.182. The van der Waals surface area contributed by atoms with Gasteiger partial charge in [0.05, 0.1) is 0 Å². The van der Waals surface area contributed by atoms with E-state index in [-0.39, 0.29) is 30.4 Å². The SMILES string of the molecule is Cl.Cl.NCCc1cc(=O)[nH]c(-c2ccccn2)n1. The number of hydrogen-bond acceptors (Lipinski definition) is 4. The van der Waals surface area contributed by atoms with Gasteiger partial charge in [-0.25, -0.2) is 4.98 Å². The summed E-state index contributed by atoms with van der Waals surface area (Å²) in [6, 6.07) is 6.91. The lowest BCUT2D eigenvalue weighted by Gasteiger charge is -2.02. The summed E-state index contributed by atoms with van der Waals surface area (Å²) < 4.78 is 0. The average molecular weight is 289 g/mol. The highest BCUT2D eigenvalue weighted by Gasteiger charge is 2.03. The van der Waals surface area contributed by atoms with E-state index in [9.17, 15) is 4.79 Å². The monoisotopic (exact) mass is 288 g/mol. The van der Waals surface area contributed by atoms with Crippen LogP contribution in [0.4, 0.5) is 0 Å². The number of aromatic amines is 1. The second-order valence-corrected chi connectivity index (χ2v) is 3.34. The maximum Gasteiger partial charge on any atom is 0.251 e. The predicted molar refractivity (Wildman–Crippen MR) is 75.3 cm³/mol. The Morgan fingerprint density at radius 2 is 2.06 bits per heavy atom. The average Bonchev–Trinajstić information content (AvgIpc) is 2.30. The maximum atomic E-state index is 11.4. The van der Waals surface area contributed by atoms with Crippen LogP contribution in [0.1, 0.15) is 5.69 Å². The van der Waals surface area contributed by atoms with Crippen molar-refractivity contribution in [3.05, 3.63) is 46.5 Å². The molecule has 0 saturated carbocycles. The van der Waals surface area contributed by atoms with Crippen molar-refractivity contribution in [3.63, 3.8) is 0 Å². The van der Waals surface area contributed by atoms with E-state index < -0.39 is 0 Å². The molecule has 0 amide bonds. The number of nitrogens with one attached hydrogen (secondary N) is 1. The molecule has 0 spiro atoms. The molecule has 0 unspecified atom stereocenters. The zero-order chi connectivity index (χ0) is 11.4. The smallest absolute Gasteiger partial charge is 0.251 e. The van der Waals surface area contributed by atoms with Crippen LogP contribution >= 0.6 is 24.8 Å². The second-order valence-electron chi connectivity index (χ2n) is 3.34. The molecular formula is C11H14Cl2N4O. The summed E-state index contributed by atoms with van der Waals surface area (Å²) in [7, 11) is 0. The lowest BCUT2D eigenvalue weighted by Crippen LogP contribution is -2.13. The molecule has 5 nitrogen and oxygen atoms in total. The zero-order valence-corrected chi connectivity index (χ0v) is 11.1. The van der Waals surface area contributed by atoms with Gasteiger partial charge in [-0.2, -0.15) is 0 Å². The highest BCUT2D eigenvalue weighted by Crippen LogP contribution is 2.08. The fourth-order valence-electron chi connectivity index (χ4n) is 1.41. The lowest BCUT2D eigenvalue weighted by atomic mass is 10.3. The van der Waals surface area contributed by atoms with Gasteiger partial charge >= 0.3 is 0 Å². The van der Waals surface area contributed by atoms with Crippen LogP contribution in [0.2, 0.25) is 0 Å². The van der Waals surface area contributed by atoms with E-state index in [0.717, 1.165) is 0 Å². The third-order valence-electron chi connectivity index (χ3n) is 2.10. The van der Waals surface area contributed by atoms with Gasteiger partial charge in [-0.1, -0.05) is 6.07 Å². The molecule has 0 fully saturated rings. The lowest BCUT2D eigenvalue weighted by molar-refractivity contribution is 0.903. The molecule has 0 saturated heterocycles. The van der Waals surface area contributed by atoms with Gasteiger partial charge in [-0.15, -0.1) is 24.8 Å². The number of nitrogens with two attached hydrogens (primary N) is 1. The van der Waals surface area contributed by atoms with Gasteiger partial charge in [0, 0.05) is 24.4 Å². The molecule has 7 heteroatoms. The molecule has 2 aromatic rings.